The van der Waals surface area contributed by atoms with Crippen molar-refractivity contribution in [2.75, 3.05) is 0 Å². The van der Waals surface area contributed by atoms with Gasteiger partial charge in [0.15, 0.2) is 0 Å². The van der Waals surface area contributed by atoms with Gasteiger partial charge in [-0.3, -0.25) is 4.79 Å². The van der Waals surface area contributed by atoms with Gasteiger partial charge in [-0.05, 0) is 29.7 Å². The Morgan fingerprint density at radius 2 is 2.20 bits per heavy atom. The summed E-state index contributed by atoms with van der Waals surface area (Å²) >= 11 is 5.83. The zero-order chi connectivity index (χ0) is 11.4. The van der Waals surface area contributed by atoms with Crippen molar-refractivity contribution < 1.29 is 9.90 Å². The van der Waals surface area contributed by atoms with Gasteiger partial charge < -0.3 is 5.11 Å². The van der Waals surface area contributed by atoms with Gasteiger partial charge in [-0.15, -0.1) is 0 Å². The van der Waals surface area contributed by atoms with Crippen LogP contribution >= 0.6 is 11.6 Å². The average molecular weight is 224 g/mol. The summed E-state index contributed by atoms with van der Waals surface area (Å²) in [5.41, 5.74) is 1.93. The SMILES string of the molecule is CCc1cc(C#N)c(Cl)cc1CC(=O)O. The smallest absolute Gasteiger partial charge is 0.307 e. The number of aryl methyl sites for hydroxylation is 1. The third-order valence-corrected chi connectivity index (χ3v) is 2.45. The molecule has 1 aromatic carbocycles. The number of carboxylic acids is 1. The molecule has 15 heavy (non-hydrogen) atoms. The molecule has 0 fully saturated rings. The first-order valence-corrected chi connectivity index (χ1v) is 4.89. The number of benzene rings is 1. The first kappa shape index (κ1) is 11.5. The molecule has 0 saturated heterocycles. The second-order valence-electron chi connectivity index (χ2n) is 3.14. The van der Waals surface area contributed by atoms with Gasteiger partial charge in [-0.1, -0.05) is 18.5 Å². The fourth-order valence-electron chi connectivity index (χ4n) is 1.40. The van der Waals surface area contributed by atoms with Crippen LogP contribution in [0.4, 0.5) is 0 Å². The van der Waals surface area contributed by atoms with Gasteiger partial charge in [0, 0.05) is 0 Å². The van der Waals surface area contributed by atoms with Crippen LogP contribution in [0.5, 0.6) is 0 Å². The van der Waals surface area contributed by atoms with Gasteiger partial charge in [0.25, 0.3) is 0 Å². The van der Waals surface area contributed by atoms with Crippen LogP contribution in [0.3, 0.4) is 0 Å². The van der Waals surface area contributed by atoms with Gasteiger partial charge >= 0.3 is 5.97 Å². The van der Waals surface area contributed by atoms with Crippen LogP contribution in [-0.2, 0) is 17.6 Å². The fraction of sp³-hybridized carbons (Fsp3) is 0.273. The van der Waals surface area contributed by atoms with Crippen LogP contribution in [-0.4, -0.2) is 11.1 Å². The van der Waals surface area contributed by atoms with Gasteiger partial charge in [0.05, 0.1) is 17.0 Å². The van der Waals surface area contributed by atoms with Crippen molar-refractivity contribution in [2.24, 2.45) is 0 Å². The number of aliphatic carboxylic acids is 1. The molecule has 0 atom stereocenters. The first-order valence-electron chi connectivity index (χ1n) is 4.51. The number of carboxylic acid groups (broad SMARTS) is 1. The maximum Gasteiger partial charge on any atom is 0.307 e. The molecule has 1 N–H and O–H groups in total. The summed E-state index contributed by atoms with van der Waals surface area (Å²) < 4.78 is 0. The predicted octanol–water partition coefficient (Wildman–Crippen LogP) is 2.40. The molecule has 0 unspecified atom stereocenters. The number of halogens is 1. The molecule has 0 saturated carbocycles. The summed E-state index contributed by atoms with van der Waals surface area (Å²) in [6.07, 6.45) is 0.628. The Kier molecular flexibility index (Phi) is 3.70. The van der Waals surface area contributed by atoms with Gasteiger partial charge in [-0.2, -0.15) is 5.26 Å². The van der Waals surface area contributed by atoms with E-state index < -0.39 is 5.97 Å². The van der Waals surface area contributed by atoms with Crippen LogP contribution in [0.2, 0.25) is 5.02 Å². The maximum absolute atomic E-state index is 10.6. The standard InChI is InChI=1S/C11H10ClNO2/c1-2-7-3-9(6-13)10(12)4-8(7)5-11(14)15/h3-4H,2,5H2,1H3,(H,14,15). The van der Waals surface area contributed by atoms with Crippen molar-refractivity contribution >= 4 is 17.6 Å². The lowest BCUT2D eigenvalue weighted by Gasteiger charge is -2.07. The van der Waals surface area contributed by atoms with E-state index in [0.29, 0.717) is 22.6 Å². The molecule has 0 radical (unpaired) electrons. The molecule has 0 aliphatic carbocycles. The highest BCUT2D eigenvalue weighted by Gasteiger charge is 2.10. The molecular formula is C11H10ClNO2. The van der Waals surface area contributed by atoms with E-state index in [-0.39, 0.29) is 6.42 Å². The summed E-state index contributed by atoms with van der Waals surface area (Å²) in [5.74, 6) is -0.898. The van der Waals surface area contributed by atoms with E-state index in [0.717, 1.165) is 5.56 Å². The number of rotatable bonds is 3. The molecule has 0 bridgehead atoms. The molecule has 78 valence electrons. The van der Waals surface area contributed by atoms with Crippen LogP contribution in [0.15, 0.2) is 12.1 Å². The second kappa shape index (κ2) is 4.81. The normalized spacial score (nSPS) is 9.67. The second-order valence-corrected chi connectivity index (χ2v) is 3.54. The molecular weight excluding hydrogens is 214 g/mol. The quantitative estimate of drug-likeness (QED) is 0.856. The third-order valence-electron chi connectivity index (χ3n) is 2.13. The highest BCUT2D eigenvalue weighted by atomic mass is 35.5. The van der Waals surface area contributed by atoms with Crippen molar-refractivity contribution in [1.82, 2.24) is 0 Å². The van der Waals surface area contributed by atoms with E-state index in [1.807, 2.05) is 13.0 Å². The average Bonchev–Trinajstić information content (AvgIpc) is 2.17. The zero-order valence-electron chi connectivity index (χ0n) is 8.25. The number of hydrogen-bond acceptors (Lipinski definition) is 2. The van der Waals surface area contributed by atoms with Crippen molar-refractivity contribution in [1.29, 1.82) is 5.26 Å². The first-order chi connectivity index (χ1) is 7.08. The van der Waals surface area contributed by atoms with Crippen molar-refractivity contribution in [3.63, 3.8) is 0 Å². The Balaban J connectivity index is 3.22. The number of hydrogen-bond donors (Lipinski definition) is 1. The maximum atomic E-state index is 10.6. The lowest BCUT2D eigenvalue weighted by molar-refractivity contribution is -0.136. The largest absolute Gasteiger partial charge is 0.481 e. The van der Waals surface area contributed by atoms with E-state index in [1.165, 1.54) is 0 Å². The Hall–Kier alpha value is -1.53. The minimum Gasteiger partial charge on any atom is -0.481 e. The van der Waals surface area contributed by atoms with Crippen molar-refractivity contribution in [3.8, 4) is 6.07 Å². The lowest BCUT2D eigenvalue weighted by atomic mass is 10.00. The van der Waals surface area contributed by atoms with Gasteiger partial charge in [0.2, 0.25) is 0 Å². The molecule has 0 aliphatic heterocycles. The molecule has 1 aromatic rings. The highest BCUT2D eigenvalue weighted by Crippen LogP contribution is 2.22. The van der Waals surface area contributed by atoms with Crippen LogP contribution < -0.4 is 0 Å². The predicted molar refractivity (Wildman–Crippen MR) is 56.9 cm³/mol. The molecule has 3 nitrogen and oxygen atoms in total. The van der Waals surface area contributed by atoms with Crippen LogP contribution in [0.1, 0.15) is 23.6 Å². The van der Waals surface area contributed by atoms with E-state index in [9.17, 15) is 4.79 Å². The summed E-state index contributed by atoms with van der Waals surface area (Å²) in [6.45, 7) is 1.91. The van der Waals surface area contributed by atoms with Crippen molar-refractivity contribution in [2.45, 2.75) is 19.8 Å². The Morgan fingerprint density at radius 3 is 2.67 bits per heavy atom. The zero-order valence-corrected chi connectivity index (χ0v) is 9.01. The number of carbonyl (C=O) groups is 1. The fourth-order valence-corrected chi connectivity index (χ4v) is 1.63. The summed E-state index contributed by atoms with van der Waals surface area (Å²) in [7, 11) is 0. The topological polar surface area (TPSA) is 61.1 Å². The van der Waals surface area contributed by atoms with E-state index in [1.54, 1.807) is 12.1 Å². The lowest BCUT2D eigenvalue weighted by Crippen LogP contribution is -2.04. The minimum atomic E-state index is -0.898. The molecule has 0 spiro atoms. The number of nitrogens with zero attached hydrogens (tertiary/aromatic N) is 1. The third kappa shape index (κ3) is 2.71. The summed E-state index contributed by atoms with van der Waals surface area (Å²) in [4.78, 5) is 10.6. The van der Waals surface area contributed by atoms with Gasteiger partial charge in [-0.25, -0.2) is 0 Å². The number of nitriles is 1. The molecule has 0 aliphatic rings. The van der Waals surface area contributed by atoms with Crippen LogP contribution in [0, 0.1) is 11.3 Å². The van der Waals surface area contributed by atoms with E-state index in [2.05, 4.69) is 0 Å². The molecule has 0 aromatic heterocycles. The van der Waals surface area contributed by atoms with Crippen molar-refractivity contribution in [3.05, 3.63) is 33.8 Å². The summed E-state index contributed by atoms with van der Waals surface area (Å²) in [6, 6.07) is 5.19. The molecule has 1 rings (SSSR count). The molecule has 0 heterocycles. The molecule has 0 amide bonds. The Labute approximate surface area is 92.9 Å². The molecule has 4 heteroatoms. The monoisotopic (exact) mass is 223 g/mol. The van der Waals surface area contributed by atoms with E-state index in [4.69, 9.17) is 22.0 Å². The Bertz CT molecular complexity index is 435. The summed E-state index contributed by atoms with van der Waals surface area (Å²) in [5, 5.41) is 17.8. The highest BCUT2D eigenvalue weighted by molar-refractivity contribution is 6.31. The van der Waals surface area contributed by atoms with Crippen LogP contribution in [0.25, 0.3) is 0 Å². The van der Waals surface area contributed by atoms with E-state index >= 15 is 0 Å². The Morgan fingerprint density at radius 1 is 1.53 bits per heavy atom. The minimum absolute atomic E-state index is 0.0609. The van der Waals surface area contributed by atoms with Gasteiger partial charge in [0.1, 0.15) is 6.07 Å².